The van der Waals surface area contributed by atoms with Crippen LogP contribution in [0, 0.1) is 12.3 Å². The Morgan fingerprint density at radius 2 is 1.53 bits per heavy atom. The van der Waals surface area contributed by atoms with Gasteiger partial charge in [-0.05, 0) is 40.5 Å². The quantitative estimate of drug-likeness (QED) is 0.663. The van der Waals surface area contributed by atoms with E-state index in [1.165, 1.54) is 12.1 Å². The second-order valence-electron chi connectivity index (χ2n) is 7.03. The van der Waals surface area contributed by atoms with Crippen LogP contribution >= 0.6 is 0 Å². The first kappa shape index (κ1) is 19.9. The predicted molar refractivity (Wildman–Crippen MR) is 116 cm³/mol. The maximum atomic E-state index is 13.3. The molecule has 6 heteroatoms. The van der Waals surface area contributed by atoms with Gasteiger partial charge in [-0.25, -0.2) is 8.42 Å². The Bertz CT molecular complexity index is 1210. The Kier molecular flexibility index (Phi) is 5.40. The summed E-state index contributed by atoms with van der Waals surface area (Å²) in [6, 6.07) is 22.1. The van der Waals surface area contributed by atoms with Gasteiger partial charge in [0.2, 0.25) is 10.0 Å². The second-order valence-corrected chi connectivity index (χ2v) is 8.80. The minimum Gasteiger partial charge on any atom is -0.330 e. The number of nitrogens with zero attached hydrogens (tertiary/aromatic N) is 1. The third-order valence-corrected chi connectivity index (χ3v) is 6.49. The minimum atomic E-state index is -3.78. The molecule has 0 atom stereocenters. The lowest BCUT2D eigenvalue weighted by Crippen LogP contribution is -2.30. The van der Waals surface area contributed by atoms with Crippen molar-refractivity contribution in [3.63, 3.8) is 0 Å². The van der Waals surface area contributed by atoms with Crippen molar-refractivity contribution in [1.82, 2.24) is 9.62 Å². The molecule has 0 bridgehead atoms. The summed E-state index contributed by atoms with van der Waals surface area (Å²) in [6.07, 6.45) is 5.14. The Labute approximate surface area is 176 Å². The molecule has 1 heterocycles. The van der Waals surface area contributed by atoms with Crippen LogP contribution in [0.15, 0.2) is 77.7 Å². The van der Waals surface area contributed by atoms with Crippen molar-refractivity contribution in [2.45, 2.75) is 18.0 Å². The van der Waals surface area contributed by atoms with Crippen molar-refractivity contribution in [2.75, 3.05) is 6.54 Å². The molecule has 1 N–H and O–H groups in total. The zero-order valence-electron chi connectivity index (χ0n) is 16.2. The number of terminal acetylenes is 1. The molecule has 0 aromatic heterocycles. The molecular formula is C24H20N2O3S. The van der Waals surface area contributed by atoms with Gasteiger partial charge in [-0.3, -0.25) is 4.79 Å². The van der Waals surface area contributed by atoms with E-state index in [0.29, 0.717) is 18.7 Å². The molecule has 150 valence electrons. The predicted octanol–water partition coefficient (Wildman–Crippen LogP) is 3.42. The summed E-state index contributed by atoms with van der Waals surface area (Å²) in [6.45, 7) is 0.770. The molecule has 0 saturated heterocycles. The van der Waals surface area contributed by atoms with Crippen molar-refractivity contribution in [2.24, 2.45) is 0 Å². The smallest absolute Gasteiger partial charge is 0.254 e. The largest absolute Gasteiger partial charge is 0.330 e. The third kappa shape index (κ3) is 3.86. The van der Waals surface area contributed by atoms with E-state index in [1.807, 2.05) is 36.4 Å². The van der Waals surface area contributed by atoms with Gasteiger partial charge in [0.1, 0.15) is 0 Å². The number of benzene rings is 3. The highest BCUT2D eigenvalue weighted by molar-refractivity contribution is 7.89. The third-order valence-electron chi connectivity index (χ3n) is 5.09. The van der Waals surface area contributed by atoms with E-state index in [2.05, 4.69) is 22.8 Å². The fourth-order valence-corrected chi connectivity index (χ4v) is 4.63. The normalized spacial score (nSPS) is 13.0. The molecule has 0 unspecified atom stereocenters. The average molecular weight is 417 g/mol. The molecule has 3 aromatic carbocycles. The Morgan fingerprint density at radius 3 is 2.13 bits per heavy atom. The van der Waals surface area contributed by atoms with Crippen molar-refractivity contribution >= 4 is 15.9 Å². The summed E-state index contributed by atoms with van der Waals surface area (Å²) in [4.78, 5) is 15.1. The van der Waals surface area contributed by atoms with Gasteiger partial charge in [0.15, 0.2) is 0 Å². The molecule has 4 rings (SSSR count). The fourth-order valence-electron chi connectivity index (χ4n) is 3.65. The standard InChI is InChI=1S/C24H20N2O3S/c1-2-14-25-30(28,29)21-11-7-10-18(15-21)24(27)26-16-19-8-3-5-12-22(19)23-13-6-4-9-20(23)17-26/h1,3-13,15,25H,14,16-17H2. The average Bonchev–Trinajstić information content (AvgIpc) is 2.94. The lowest BCUT2D eigenvalue weighted by atomic mass is 9.97. The highest BCUT2D eigenvalue weighted by atomic mass is 32.2. The van der Waals surface area contributed by atoms with Crippen LogP contribution in [-0.2, 0) is 23.1 Å². The minimum absolute atomic E-state index is 0.0132. The van der Waals surface area contributed by atoms with E-state index in [-0.39, 0.29) is 17.3 Å². The summed E-state index contributed by atoms with van der Waals surface area (Å²) >= 11 is 0. The first-order chi connectivity index (χ1) is 14.5. The molecule has 1 aliphatic heterocycles. The lowest BCUT2D eigenvalue weighted by Gasteiger charge is -2.22. The second kappa shape index (κ2) is 8.15. The molecule has 5 nitrogen and oxygen atoms in total. The zero-order chi connectivity index (χ0) is 21.1. The van der Waals surface area contributed by atoms with Gasteiger partial charge in [0.25, 0.3) is 5.91 Å². The maximum Gasteiger partial charge on any atom is 0.254 e. The highest BCUT2D eigenvalue weighted by Gasteiger charge is 2.24. The first-order valence-corrected chi connectivity index (χ1v) is 11.0. The van der Waals surface area contributed by atoms with Crippen LogP contribution in [0.25, 0.3) is 11.1 Å². The Hall–Kier alpha value is -3.40. The van der Waals surface area contributed by atoms with E-state index in [1.54, 1.807) is 17.0 Å². The van der Waals surface area contributed by atoms with Crippen molar-refractivity contribution in [3.05, 3.63) is 89.5 Å². The van der Waals surface area contributed by atoms with Gasteiger partial charge >= 0.3 is 0 Å². The van der Waals surface area contributed by atoms with Crippen LogP contribution in [0.3, 0.4) is 0 Å². The molecule has 30 heavy (non-hydrogen) atoms. The number of carbonyl (C=O) groups is 1. The fraction of sp³-hybridized carbons (Fsp3) is 0.125. The molecule has 0 spiro atoms. The number of fused-ring (bicyclic) bond motifs is 3. The van der Waals surface area contributed by atoms with Crippen LogP contribution in [-0.4, -0.2) is 25.8 Å². The van der Waals surface area contributed by atoms with Crippen LogP contribution in [0.1, 0.15) is 21.5 Å². The van der Waals surface area contributed by atoms with Crippen molar-refractivity contribution in [1.29, 1.82) is 0 Å². The van der Waals surface area contributed by atoms with Crippen molar-refractivity contribution < 1.29 is 13.2 Å². The highest BCUT2D eigenvalue weighted by Crippen LogP contribution is 2.33. The monoisotopic (exact) mass is 416 g/mol. The number of carbonyl (C=O) groups excluding carboxylic acids is 1. The Balaban J connectivity index is 1.70. The van der Waals surface area contributed by atoms with E-state index >= 15 is 0 Å². The lowest BCUT2D eigenvalue weighted by molar-refractivity contribution is 0.0732. The van der Waals surface area contributed by atoms with Crippen molar-refractivity contribution in [3.8, 4) is 23.5 Å². The summed E-state index contributed by atoms with van der Waals surface area (Å²) in [7, 11) is -3.78. The Morgan fingerprint density at radius 1 is 0.933 bits per heavy atom. The summed E-state index contributed by atoms with van der Waals surface area (Å²) in [5.41, 5.74) is 4.64. The summed E-state index contributed by atoms with van der Waals surface area (Å²) in [5.74, 6) is 2.02. The number of hydrogen-bond donors (Lipinski definition) is 1. The van der Waals surface area contributed by atoms with E-state index in [0.717, 1.165) is 22.3 Å². The number of nitrogens with one attached hydrogen (secondary N) is 1. The molecule has 1 aliphatic rings. The van der Waals surface area contributed by atoms with Gasteiger partial charge < -0.3 is 4.90 Å². The van der Waals surface area contributed by atoms with E-state index in [9.17, 15) is 13.2 Å². The molecule has 3 aromatic rings. The molecule has 0 radical (unpaired) electrons. The molecular weight excluding hydrogens is 396 g/mol. The SMILES string of the molecule is C#CCNS(=O)(=O)c1cccc(C(=O)N2Cc3ccccc3-c3ccccc3C2)c1. The van der Waals surface area contributed by atoms with Gasteiger partial charge in [-0.1, -0.05) is 60.5 Å². The van der Waals surface area contributed by atoms with Gasteiger partial charge in [0, 0.05) is 18.7 Å². The molecule has 0 fully saturated rings. The summed E-state index contributed by atoms with van der Waals surface area (Å²) < 4.78 is 27.1. The van der Waals surface area contributed by atoms with Gasteiger partial charge in [-0.15, -0.1) is 6.42 Å². The zero-order valence-corrected chi connectivity index (χ0v) is 17.0. The molecule has 0 aliphatic carbocycles. The van der Waals surface area contributed by atoms with Gasteiger partial charge in [0.05, 0.1) is 11.4 Å². The topological polar surface area (TPSA) is 66.5 Å². The number of sulfonamides is 1. The van der Waals surface area contributed by atoms with Gasteiger partial charge in [-0.2, -0.15) is 4.72 Å². The van der Waals surface area contributed by atoms with E-state index in [4.69, 9.17) is 6.42 Å². The maximum absolute atomic E-state index is 13.3. The van der Waals surface area contributed by atoms with Crippen LogP contribution in [0.4, 0.5) is 0 Å². The number of rotatable bonds is 4. The van der Waals surface area contributed by atoms with Crippen LogP contribution in [0.5, 0.6) is 0 Å². The summed E-state index contributed by atoms with van der Waals surface area (Å²) in [5, 5.41) is 0. The molecule has 1 amide bonds. The first-order valence-electron chi connectivity index (χ1n) is 9.48. The number of hydrogen-bond acceptors (Lipinski definition) is 3. The van der Waals surface area contributed by atoms with Crippen LogP contribution in [0.2, 0.25) is 0 Å². The van der Waals surface area contributed by atoms with Crippen LogP contribution < -0.4 is 4.72 Å². The van der Waals surface area contributed by atoms with E-state index < -0.39 is 10.0 Å². The number of amides is 1. The molecule has 0 saturated carbocycles.